The van der Waals surface area contributed by atoms with Crippen LogP contribution in [0.3, 0.4) is 0 Å². The molecule has 0 bridgehead atoms. The lowest BCUT2D eigenvalue weighted by molar-refractivity contribution is -0.255. The Morgan fingerprint density at radius 2 is 1.62 bits per heavy atom. The van der Waals surface area contributed by atoms with Crippen LogP contribution in [0.4, 0.5) is 5.69 Å². The Morgan fingerprint density at radius 1 is 0.917 bits per heavy atom. The minimum atomic E-state index is -1.35. The molecule has 0 aliphatic rings. The van der Waals surface area contributed by atoms with Gasteiger partial charge in [0.05, 0.1) is 5.97 Å². The molecule has 3 aromatic carbocycles. The van der Waals surface area contributed by atoms with Gasteiger partial charge in [-0.3, -0.25) is 4.79 Å². The highest BCUT2D eigenvalue weighted by molar-refractivity contribution is 6.02. The number of benzene rings is 3. The highest BCUT2D eigenvalue weighted by Gasteiger charge is 2.09. The third-order valence-electron chi connectivity index (χ3n) is 3.53. The number of aromatic carboxylic acids is 1. The minimum Gasteiger partial charge on any atom is -0.545 e. The molecule has 3 rings (SSSR count). The van der Waals surface area contributed by atoms with Crippen molar-refractivity contribution in [3.05, 3.63) is 72.3 Å². The Balaban J connectivity index is 1.71. The zero-order valence-electron chi connectivity index (χ0n) is 12.7. The largest absolute Gasteiger partial charge is 0.545 e. The van der Waals surface area contributed by atoms with Crippen molar-refractivity contribution in [3.63, 3.8) is 0 Å². The number of para-hydroxylation sites is 1. The number of hydrogen-bond donors (Lipinski definition) is 1. The van der Waals surface area contributed by atoms with Crippen molar-refractivity contribution < 1.29 is 19.4 Å². The second-order valence-electron chi connectivity index (χ2n) is 5.15. The molecule has 0 fully saturated rings. The van der Waals surface area contributed by atoms with Gasteiger partial charge in [0.25, 0.3) is 5.91 Å². The lowest BCUT2D eigenvalue weighted by Gasteiger charge is -2.12. The summed E-state index contributed by atoms with van der Waals surface area (Å²) < 4.78 is 5.31. The van der Waals surface area contributed by atoms with Crippen LogP contribution in [0.5, 0.6) is 5.75 Å². The molecular weight excluding hydrogens is 306 g/mol. The molecule has 0 atom stereocenters. The molecule has 120 valence electrons. The summed E-state index contributed by atoms with van der Waals surface area (Å²) in [6.07, 6.45) is 0. The summed E-state index contributed by atoms with van der Waals surface area (Å²) in [4.78, 5) is 23.1. The first kappa shape index (κ1) is 15.6. The zero-order valence-corrected chi connectivity index (χ0v) is 12.7. The fourth-order valence-corrected chi connectivity index (χ4v) is 2.43. The summed E-state index contributed by atoms with van der Waals surface area (Å²) >= 11 is 0. The smallest absolute Gasteiger partial charge is 0.262 e. The van der Waals surface area contributed by atoms with Gasteiger partial charge < -0.3 is 20.0 Å². The summed E-state index contributed by atoms with van der Waals surface area (Å²) in [5, 5.41) is 15.7. The lowest BCUT2D eigenvalue weighted by atomic mass is 10.1. The summed E-state index contributed by atoms with van der Waals surface area (Å²) in [5.74, 6) is -1.62. The van der Waals surface area contributed by atoms with Crippen LogP contribution in [0.1, 0.15) is 10.4 Å². The Morgan fingerprint density at radius 3 is 2.46 bits per heavy atom. The number of carbonyl (C=O) groups excluding carboxylic acids is 2. The van der Waals surface area contributed by atoms with E-state index in [1.165, 1.54) is 12.1 Å². The van der Waals surface area contributed by atoms with Crippen LogP contribution >= 0.6 is 0 Å². The highest BCUT2D eigenvalue weighted by atomic mass is 16.5. The average Bonchev–Trinajstić information content (AvgIpc) is 2.60. The van der Waals surface area contributed by atoms with Crippen LogP contribution in [-0.4, -0.2) is 18.5 Å². The van der Waals surface area contributed by atoms with Crippen molar-refractivity contribution in [1.29, 1.82) is 0 Å². The van der Waals surface area contributed by atoms with Crippen LogP contribution < -0.4 is 15.2 Å². The third kappa shape index (κ3) is 3.35. The number of hydrogen-bond acceptors (Lipinski definition) is 4. The van der Waals surface area contributed by atoms with E-state index in [4.69, 9.17) is 4.74 Å². The van der Waals surface area contributed by atoms with E-state index in [2.05, 4.69) is 5.32 Å². The molecule has 5 nitrogen and oxygen atoms in total. The van der Waals surface area contributed by atoms with Crippen LogP contribution in [0, 0.1) is 0 Å². The SMILES string of the molecule is O=C(COc1ccccc1C(=O)[O-])Nc1cccc2ccccc12. The van der Waals surface area contributed by atoms with E-state index in [0.717, 1.165) is 10.8 Å². The first-order valence-electron chi connectivity index (χ1n) is 7.36. The maximum atomic E-state index is 12.1. The quantitative estimate of drug-likeness (QED) is 0.782. The first-order chi connectivity index (χ1) is 11.6. The van der Waals surface area contributed by atoms with E-state index in [0.29, 0.717) is 5.69 Å². The van der Waals surface area contributed by atoms with Gasteiger partial charge in [0.1, 0.15) is 5.75 Å². The molecule has 0 unspecified atom stereocenters. The number of carboxylic acid groups (broad SMARTS) is 1. The second kappa shape index (κ2) is 6.83. The van der Waals surface area contributed by atoms with Crippen molar-refractivity contribution in [1.82, 2.24) is 0 Å². The highest BCUT2D eigenvalue weighted by Crippen LogP contribution is 2.23. The monoisotopic (exact) mass is 320 g/mol. The van der Waals surface area contributed by atoms with Crippen LogP contribution in [0.15, 0.2) is 66.7 Å². The van der Waals surface area contributed by atoms with Gasteiger partial charge in [-0.1, -0.05) is 48.5 Å². The Labute approximate surface area is 138 Å². The van der Waals surface area contributed by atoms with E-state index < -0.39 is 5.97 Å². The molecule has 24 heavy (non-hydrogen) atoms. The van der Waals surface area contributed by atoms with E-state index in [-0.39, 0.29) is 23.8 Å². The molecule has 0 aliphatic carbocycles. The standard InChI is InChI=1S/C19H15NO4/c21-18(12-24-17-11-4-3-9-15(17)19(22)23)20-16-10-5-7-13-6-1-2-8-14(13)16/h1-11H,12H2,(H,20,21)(H,22,23)/p-1. The predicted molar refractivity (Wildman–Crippen MR) is 88.8 cm³/mol. The molecule has 5 heteroatoms. The summed E-state index contributed by atoms with van der Waals surface area (Å²) in [6, 6.07) is 19.3. The Kier molecular flexibility index (Phi) is 4.43. The maximum absolute atomic E-state index is 12.1. The normalized spacial score (nSPS) is 10.3. The third-order valence-corrected chi connectivity index (χ3v) is 3.53. The van der Waals surface area contributed by atoms with Gasteiger partial charge >= 0.3 is 0 Å². The molecule has 0 aliphatic heterocycles. The average molecular weight is 320 g/mol. The van der Waals surface area contributed by atoms with Gasteiger partial charge in [0.2, 0.25) is 0 Å². The van der Waals surface area contributed by atoms with E-state index >= 15 is 0 Å². The Hall–Kier alpha value is -3.34. The zero-order chi connectivity index (χ0) is 16.9. The predicted octanol–water partition coefficient (Wildman–Crippen LogP) is 2.22. The van der Waals surface area contributed by atoms with Gasteiger partial charge in [-0.25, -0.2) is 0 Å². The molecular formula is C19H14NO4-. The fourth-order valence-electron chi connectivity index (χ4n) is 2.43. The lowest BCUT2D eigenvalue weighted by Crippen LogP contribution is -2.25. The molecule has 1 amide bonds. The molecule has 1 N–H and O–H groups in total. The van der Waals surface area contributed by atoms with Crippen LogP contribution in [0.25, 0.3) is 10.8 Å². The molecule has 0 spiro atoms. The number of rotatable bonds is 5. The van der Waals surface area contributed by atoms with Gasteiger partial charge in [-0.15, -0.1) is 0 Å². The van der Waals surface area contributed by atoms with E-state index in [1.54, 1.807) is 18.2 Å². The van der Waals surface area contributed by atoms with Crippen LogP contribution in [-0.2, 0) is 4.79 Å². The number of ether oxygens (including phenoxy) is 1. The Bertz CT molecular complexity index is 899. The number of carbonyl (C=O) groups is 2. The molecule has 3 aromatic rings. The van der Waals surface area contributed by atoms with Crippen LogP contribution in [0.2, 0.25) is 0 Å². The van der Waals surface area contributed by atoms with E-state index in [1.807, 2.05) is 36.4 Å². The van der Waals surface area contributed by atoms with Crippen molar-refractivity contribution in [2.45, 2.75) is 0 Å². The topological polar surface area (TPSA) is 78.5 Å². The van der Waals surface area contributed by atoms with Gasteiger partial charge in [-0.2, -0.15) is 0 Å². The van der Waals surface area contributed by atoms with Crippen molar-refractivity contribution in [2.75, 3.05) is 11.9 Å². The van der Waals surface area contributed by atoms with Gasteiger partial charge in [-0.05, 0) is 23.6 Å². The summed E-state index contributed by atoms with van der Waals surface area (Å²) in [6.45, 7) is -0.298. The number of nitrogens with one attached hydrogen (secondary N) is 1. The minimum absolute atomic E-state index is 0.0875. The fraction of sp³-hybridized carbons (Fsp3) is 0.0526. The molecule has 0 aromatic heterocycles. The summed E-state index contributed by atoms with van der Waals surface area (Å²) in [5.41, 5.74) is 0.588. The molecule has 0 saturated carbocycles. The number of anilines is 1. The summed E-state index contributed by atoms with van der Waals surface area (Å²) in [7, 11) is 0. The van der Waals surface area contributed by atoms with Crippen molar-refractivity contribution in [2.24, 2.45) is 0 Å². The number of amides is 1. The molecule has 0 saturated heterocycles. The second-order valence-corrected chi connectivity index (χ2v) is 5.15. The maximum Gasteiger partial charge on any atom is 0.262 e. The number of fused-ring (bicyclic) bond motifs is 1. The molecule has 0 heterocycles. The van der Waals surface area contributed by atoms with Gasteiger partial charge in [0.15, 0.2) is 6.61 Å². The number of carboxylic acids is 1. The van der Waals surface area contributed by atoms with E-state index in [9.17, 15) is 14.7 Å². The van der Waals surface area contributed by atoms with Gasteiger partial charge in [0, 0.05) is 16.6 Å². The first-order valence-corrected chi connectivity index (χ1v) is 7.36. The van der Waals surface area contributed by atoms with Crippen molar-refractivity contribution >= 4 is 28.3 Å². The van der Waals surface area contributed by atoms with Crippen molar-refractivity contribution in [3.8, 4) is 5.75 Å². The molecule has 0 radical (unpaired) electrons.